The summed E-state index contributed by atoms with van der Waals surface area (Å²) in [5.41, 5.74) is 6.17. The highest BCUT2D eigenvalue weighted by Crippen LogP contribution is 2.28. The van der Waals surface area contributed by atoms with Crippen LogP contribution in [0.2, 0.25) is 0 Å². The predicted molar refractivity (Wildman–Crippen MR) is 90.7 cm³/mol. The van der Waals surface area contributed by atoms with Crippen molar-refractivity contribution in [3.8, 4) is 0 Å². The Morgan fingerprint density at radius 1 is 1.18 bits per heavy atom. The maximum atomic E-state index is 12.3. The van der Waals surface area contributed by atoms with Crippen molar-refractivity contribution in [1.29, 1.82) is 0 Å². The molecule has 2 aromatic rings. The van der Waals surface area contributed by atoms with E-state index in [1.54, 1.807) is 0 Å². The van der Waals surface area contributed by atoms with Gasteiger partial charge in [-0.15, -0.1) is 0 Å². The largest absolute Gasteiger partial charge is 0.323 e. The molecule has 3 nitrogen and oxygen atoms in total. The summed E-state index contributed by atoms with van der Waals surface area (Å²) >= 11 is 0. The van der Waals surface area contributed by atoms with Crippen LogP contribution in [0.15, 0.2) is 47.5 Å². The summed E-state index contributed by atoms with van der Waals surface area (Å²) in [7, 11) is 0. The zero-order valence-electron chi connectivity index (χ0n) is 13.2. The lowest BCUT2D eigenvalue weighted by molar-refractivity contribution is -0.116. The van der Waals surface area contributed by atoms with Gasteiger partial charge in [0.1, 0.15) is 6.04 Å². The number of nitrogens with one attached hydrogen (secondary N) is 1. The van der Waals surface area contributed by atoms with Crippen LogP contribution in [-0.4, -0.2) is 17.7 Å². The molecule has 1 N–H and O–H groups in total. The van der Waals surface area contributed by atoms with Gasteiger partial charge in [-0.25, -0.2) is 0 Å². The van der Waals surface area contributed by atoms with Gasteiger partial charge in [-0.3, -0.25) is 9.79 Å². The molecule has 0 aromatic heterocycles. The normalized spacial score (nSPS) is 17.3. The van der Waals surface area contributed by atoms with Crippen molar-refractivity contribution >= 4 is 17.3 Å². The highest BCUT2D eigenvalue weighted by Gasteiger charge is 2.24. The van der Waals surface area contributed by atoms with E-state index in [1.807, 2.05) is 25.1 Å². The number of aliphatic imine (C=N–C) groups is 1. The maximum absolute atomic E-state index is 12.3. The second kappa shape index (κ2) is 5.76. The first-order chi connectivity index (χ1) is 10.6. The third-order valence-electron chi connectivity index (χ3n) is 4.03. The van der Waals surface area contributed by atoms with E-state index in [9.17, 15) is 4.79 Å². The number of rotatable bonds is 2. The van der Waals surface area contributed by atoms with Gasteiger partial charge in [0.05, 0.1) is 11.4 Å². The fourth-order valence-corrected chi connectivity index (χ4v) is 2.81. The van der Waals surface area contributed by atoms with Gasteiger partial charge in [0.2, 0.25) is 5.91 Å². The molecule has 2 aromatic carbocycles. The minimum Gasteiger partial charge on any atom is -0.323 e. The Bertz CT molecular complexity index is 762. The molecule has 1 amide bonds. The molecule has 1 atom stereocenters. The van der Waals surface area contributed by atoms with Crippen LogP contribution in [0.5, 0.6) is 0 Å². The summed E-state index contributed by atoms with van der Waals surface area (Å²) < 4.78 is 0. The van der Waals surface area contributed by atoms with Crippen LogP contribution in [0.25, 0.3) is 0 Å². The molecule has 3 rings (SSSR count). The Balaban J connectivity index is 2.25. The Labute approximate surface area is 131 Å². The number of aryl methyl sites for hydroxylation is 2. The molecule has 22 heavy (non-hydrogen) atoms. The average Bonchev–Trinajstić information content (AvgIpc) is 2.64. The maximum Gasteiger partial charge on any atom is 0.248 e. The van der Waals surface area contributed by atoms with E-state index in [0.717, 1.165) is 34.5 Å². The molecule has 0 fully saturated rings. The Morgan fingerprint density at radius 3 is 2.68 bits per heavy atom. The van der Waals surface area contributed by atoms with Gasteiger partial charge < -0.3 is 5.32 Å². The van der Waals surface area contributed by atoms with Crippen LogP contribution < -0.4 is 5.32 Å². The van der Waals surface area contributed by atoms with Gasteiger partial charge in [-0.05, 0) is 31.9 Å². The summed E-state index contributed by atoms with van der Waals surface area (Å²) in [6.07, 6.45) is 0.874. The van der Waals surface area contributed by atoms with Gasteiger partial charge in [0.25, 0.3) is 0 Å². The number of carbonyl (C=O) groups is 1. The number of hydrogen-bond acceptors (Lipinski definition) is 2. The highest BCUT2D eigenvalue weighted by atomic mass is 16.2. The molecule has 0 radical (unpaired) electrons. The van der Waals surface area contributed by atoms with Crippen LogP contribution in [-0.2, 0) is 11.2 Å². The number of benzene rings is 2. The molecule has 1 aliphatic rings. The van der Waals surface area contributed by atoms with E-state index in [4.69, 9.17) is 0 Å². The predicted octanol–water partition coefficient (Wildman–Crippen LogP) is 3.74. The topological polar surface area (TPSA) is 41.5 Å². The number of benzodiazepines with no additional fused rings is 1. The summed E-state index contributed by atoms with van der Waals surface area (Å²) in [6.45, 7) is 6.00. The number of carbonyl (C=O) groups excluding carboxylic acids is 1. The molecule has 3 heteroatoms. The molecule has 0 bridgehead atoms. The van der Waals surface area contributed by atoms with Crippen LogP contribution in [0, 0.1) is 6.92 Å². The van der Waals surface area contributed by atoms with Crippen LogP contribution in [0.3, 0.4) is 0 Å². The first-order valence-electron chi connectivity index (χ1n) is 7.68. The van der Waals surface area contributed by atoms with Gasteiger partial charge in [0, 0.05) is 11.1 Å². The summed E-state index contributed by atoms with van der Waals surface area (Å²) in [5, 5.41) is 3.05. The van der Waals surface area contributed by atoms with Crippen molar-refractivity contribution < 1.29 is 4.79 Å². The lowest BCUT2D eigenvalue weighted by Crippen LogP contribution is -2.22. The summed E-state index contributed by atoms with van der Waals surface area (Å²) in [4.78, 5) is 17.0. The minimum atomic E-state index is -0.396. The van der Waals surface area contributed by atoms with Gasteiger partial charge in [-0.1, -0.05) is 48.9 Å². The zero-order valence-corrected chi connectivity index (χ0v) is 13.2. The third kappa shape index (κ3) is 2.54. The highest BCUT2D eigenvalue weighted by molar-refractivity contribution is 6.20. The number of fused-ring (bicyclic) bond motifs is 1. The van der Waals surface area contributed by atoms with Crippen LogP contribution >= 0.6 is 0 Å². The fraction of sp³-hybridized carbons (Fsp3) is 0.263. The second-order valence-corrected chi connectivity index (χ2v) is 5.71. The first-order valence-corrected chi connectivity index (χ1v) is 7.68. The Morgan fingerprint density at radius 2 is 1.95 bits per heavy atom. The lowest BCUT2D eigenvalue weighted by atomic mass is 9.96. The van der Waals surface area contributed by atoms with E-state index in [-0.39, 0.29) is 5.91 Å². The third-order valence-corrected chi connectivity index (χ3v) is 4.03. The van der Waals surface area contributed by atoms with Crippen LogP contribution in [0.1, 0.15) is 36.1 Å². The van der Waals surface area contributed by atoms with E-state index in [0.29, 0.717) is 0 Å². The SMILES string of the molecule is CCc1cccc2c1NC(=O)C(C)N=C2c1cccc(C)c1. The van der Waals surface area contributed by atoms with Gasteiger partial charge in [-0.2, -0.15) is 0 Å². The molecule has 0 spiro atoms. The van der Waals surface area contributed by atoms with E-state index >= 15 is 0 Å². The molecular formula is C19H20N2O. The van der Waals surface area contributed by atoms with E-state index in [2.05, 4.69) is 48.4 Å². The molecule has 1 aliphatic heterocycles. The monoisotopic (exact) mass is 292 g/mol. The molecule has 0 saturated carbocycles. The number of hydrogen-bond donors (Lipinski definition) is 1. The molecule has 0 aliphatic carbocycles. The van der Waals surface area contributed by atoms with Crippen molar-refractivity contribution in [2.45, 2.75) is 33.2 Å². The number of anilines is 1. The van der Waals surface area contributed by atoms with Crippen LogP contribution in [0.4, 0.5) is 5.69 Å². The molecule has 112 valence electrons. The van der Waals surface area contributed by atoms with E-state index in [1.165, 1.54) is 5.56 Å². The first kappa shape index (κ1) is 14.5. The Hall–Kier alpha value is -2.42. The summed E-state index contributed by atoms with van der Waals surface area (Å²) in [5.74, 6) is -0.0511. The average molecular weight is 292 g/mol. The summed E-state index contributed by atoms with van der Waals surface area (Å²) in [6, 6.07) is 14.0. The molecular weight excluding hydrogens is 272 g/mol. The minimum absolute atomic E-state index is 0.0511. The van der Waals surface area contributed by atoms with Crippen molar-refractivity contribution in [2.24, 2.45) is 4.99 Å². The Kier molecular flexibility index (Phi) is 3.80. The zero-order chi connectivity index (χ0) is 15.7. The van der Waals surface area contributed by atoms with E-state index < -0.39 is 6.04 Å². The van der Waals surface area contributed by atoms with Crippen molar-refractivity contribution in [1.82, 2.24) is 0 Å². The van der Waals surface area contributed by atoms with Crippen molar-refractivity contribution in [3.05, 3.63) is 64.7 Å². The fourth-order valence-electron chi connectivity index (χ4n) is 2.81. The quantitative estimate of drug-likeness (QED) is 0.900. The smallest absolute Gasteiger partial charge is 0.248 e. The van der Waals surface area contributed by atoms with Gasteiger partial charge >= 0.3 is 0 Å². The standard InChI is InChI=1S/C19H20N2O/c1-4-14-8-6-10-16-17(14)21-19(22)13(3)20-18(16)15-9-5-7-12(2)11-15/h5-11,13H,4H2,1-3H3,(H,21,22). The second-order valence-electron chi connectivity index (χ2n) is 5.71. The molecule has 1 heterocycles. The van der Waals surface area contributed by atoms with Crippen molar-refractivity contribution in [2.75, 3.05) is 5.32 Å². The van der Waals surface area contributed by atoms with Gasteiger partial charge in [0.15, 0.2) is 0 Å². The molecule has 1 unspecified atom stereocenters. The lowest BCUT2D eigenvalue weighted by Gasteiger charge is -2.14. The number of nitrogens with zero attached hydrogens (tertiary/aromatic N) is 1. The number of amides is 1. The van der Waals surface area contributed by atoms with Crippen molar-refractivity contribution in [3.63, 3.8) is 0 Å². The molecule has 0 saturated heterocycles. The number of para-hydroxylation sites is 1.